The van der Waals surface area contributed by atoms with Crippen LogP contribution in [0.1, 0.15) is 13.3 Å². The van der Waals surface area contributed by atoms with Crippen LogP contribution in [0.4, 0.5) is 5.82 Å². The van der Waals surface area contributed by atoms with Crippen LogP contribution in [-0.2, 0) is 4.79 Å². The molecule has 0 radical (unpaired) electrons. The summed E-state index contributed by atoms with van der Waals surface area (Å²) < 4.78 is 0. The minimum absolute atomic E-state index is 0.0187. The average Bonchev–Trinajstić information content (AvgIpc) is 2.18. The number of halogens is 1. The molecule has 0 aliphatic carbocycles. The van der Waals surface area contributed by atoms with Crippen LogP contribution in [0.5, 0.6) is 0 Å². The number of hydrogen-bond donors (Lipinski definition) is 2. The quantitative estimate of drug-likeness (QED) is 0.740. The molecule has 0 saturated heterocycles. The summed E-state index contributed by atoms with van der Waals surface area (Å²) in [6.45, 7) is 3.06. The highest BCUT2D eigenvalue weighted by molar-refractivity contribution is 6.29. The first-order chi connectivity index (χ1) is 7.22. The normalized spacial score (nSPS) is 9.73. The molecule has 82 valence electrons. The molecule has 0 spiro atoms. The third kappa shape index (κ3) is 4.60. The minimum atomic E-state index is 0.0187. The first kappa shape index (κ1) is 11.7. The summed E-state index contributed by atoms with van der Waals surface area (Å²) in [6, 6.07) is 1.61. The maximum absolute atomic E-state index is 11.1. The molecule has 1 rings (SSSR count). The number of rotatable bonds is 5. The summed E-state index contributed by atoms with van der Waals surface area (Å²) in [7, 11) is 0. The van der Waals surface area contributed by atoms with E-state index in [9.17, 15) is 4.79 Å². The van der Waals surface area contributed by atoms with Crippen molar-refractivity contribution in [2.45, 2.75) is 13.3 Å². The zero-order chi connectivity index (χ0) is 11.1. The van der Waals surface area contributed by atoms with Gasteiger partial charge in [-0.3, -0.25) is 4.79 Å². The predicted molar refractivity (Wildman–Crippen MR) is 58.8 cm³/mol. The molecule has 0 aliphatic heterocycles. The van der Waals surface area contributed by atoms with Gasteiger partial charge in [0.1, 0.15) is 17.3 Å². The molecule has 0 bridgehead atoms. The second-order valence-electron chi connectivity index (χ2n) is 2.86. The van der Waals surface area contributed by atoms with E-state index in [4.69, 9.17) is 11.6 Å². The van der Waals surface area contributed by atoms with Crippen LogP contribution >= 0.6 is 11.6 Å². The fourth-order valence-corrected chi connectivity index (χ4v) is 1.17. The summed E-state index contributed by atoms with van der Waals surface area (Å²) in [5.74, 6) is 0.643. The Labute approximate surface area is 93.3 Å². The first-order valence-corrected chi connectivity index (χ1v) is 5.08. The molecule has 2 N–H and O–H groups in total. The zero-order valence-electron chi connectivity index (χ0n) is 8.46. The van der Waals surface area contributed by atoms with Crippen LogP contribution in [0, 0.1) is 0 Å². The Bertz CT molecular complexity index is 332. The lowest BCUT2D eigenvalue weighted by molar-refractivity contribution is -0.120. The van der Waals surface area contributed by atoms with Crippen molar-refractivity contribution in [1.82, 2.24) is 15.3 Å². The molecular weight excluding hydrogens is 216 g/mol. The summed E-state index contributed by atoms with van der Waals surface area (Å²) in [5, 5.41) is 6.06. The lowest BCUT2D eigenvalue weighted by Crippen LogP contribution is -2.24. The summed E-state index contributed by atoms with van der Waals surface area (Å²) in [6.07, 6.45) is 1.78. The van der Waals surface area contributed by atoms with Gasteiger partial charge in [0.25, 0.3) is 0 Å². The number of aromatic nitrogens is 2. The van der Waals surface area contributed by atoms with E-state index in [1.54, 1.807) is 6.07 Å². The van der Waals surface area contributed by atoms with Gasteiger partial charge in [0.05, 0.1) is 0 Å². The summed E-state index contributed by atoms with van der Waals surface area (Å²) in [5.41, 5.74) is 0. The highest BCUT2D eigenvalue weighted by Gasteiger charge is 1.99. The minimum Gasteiger partial charge on any atom is -0.369 e. The lowest BCUT2D eigenvalue weighted by Gasteiger charge is -2.05. The molecule has 0 saturated carbocycles. The molecule has 1 aromatic heterocycles. The SMILES string of the molecule is CCNC(=O)CCNc1cc(Cl)ncn1. The van der Waals surface area contributed by atoms with Crippen molar-refractivity contribution in [1.29, 1.82) is 0 Å². The van der Waals surface area contributed by atoms with Crippen molar-refractivity contribution in [3.8, 4) is 0 Å². The van der Waals surface area contributed by atoms with E-state index in [0.717, 1.165) is 0 Å². The maximum atomic E-state index is 11.1. The highest BCUT2D eigenvalue weighted by Crippen LogP contribution is 2.07. The number of amides is 1. The molecule has 0 atom stereocenters. The van der Waals surface area contributed by atoms with E-state index in [1.165, 1.54) is 6.33 Å². The van der Waals surface area contributed by atoms with Gasteiger partial charge in [0.15, 0.2) is 0 Å². The molecule has 6 heteroatoms. The highest BCUT2D eigenvalue weighted by atomic mass is 35.5. The summed E-state index contributed by atoms with van der Waals surface area (Å²) >= 11 is 5.67. The fourth-order valence-electron chi connectivity index (χ4n) is 1.02. The fraction of sp³-hybridized carbons (Fsp3) is 0.444. The van der Waals surface area contributed by atoms with Gasteiger partial charge in [0.2, 0.25) is 5.91 Å². The Morgan fingerprint density at radius 1 is 1.53 bits per heavy atom. The van der Waals surface area contributed by atoms with Crippen LogP contribution in [0.25, 0.3) is 0 Å². The van der Waals surface area contributed by atoms with Gasteiger partial charge in [-0.1, -0.05) is 11.6 Å². The van der Waals surface area contributed by atoms with Crippen molar-refractivity contribution in [2.75, 3.05) is 18.4 Å². The van der Waals surface area contributed by atoms with Crippen LogP contribution in [-0.4, -0.2) is 29.0 Å². The number of carbonyl (C=O) groups is 1. The van der Waals surface area contributed by atoms with Gasteiger partial charge in [-0.15, -0.1) is 0 Å². The topological polar surface area (TPSA) is 66.9 Å². The zero-order valence-corrected chi connectivity index (χ0v) is 9.21. The standard InChI is InChI=1S/C9H13ClN4O/c1-2-11-9(15)3-4-12-8-5-7(10)13-6-14-8/h5-6H,2-4H2,1H3,(H,11,15)(H,12,13,14). The van der Waals surface area contributed by atoms with Gasteiger partial charge >= 0.3 is 0 Å². The van der Waals surface area contributed by atoms with Gasteiger partial charge in [-0.25, -0.2) is 9.97 Å². The molecule has 0 fully saturated rings. The van der Waals surface area contributed by atoms with E-state index in [2.05, 4.69) is 20.6 Å². The Hall–Kier alpha value is -1.36. The number of anilines is 1. The molecule has 0 aromatic carbocycles. The molecule has 0 aliphatic rings. The van der Waals surface area contributed by atoms with Gasteiger partial charge in [-0.05, 0) is 6.92 Å². The third-order valence-electron chi connectivity index (χ3n) is 1.67. The smallest absolute Gasteiger partial charge is 0.221 e. The van der Waals surface area contributed by atoms with Gasteiger partial charge in [-0.2, -0.15) is 0 Å². The molecule has 1 aromatic rings. The van der Waals surface area contributed by atoms with Crippen LogP contribution in [0.3, 0.4) is 0 Å². The van der Waals surface area contributed by atoms with Gasteiger partial charge in [0, 0.05) is 25.6 Å². The Morgan fingerprint density at radius 3 is 3.00 bits per heavy atom. The monoisotopic (exact) mass is 228 g/mol. The summed E-state index contributed by atoms with van der Waals surface area (Å²) in [4.78, 5) is 18.8. The average molecular weight is 229 g/mol. The van der Waals surface area contributed by atoms with E-state index in [-0.39, 0.29) is 5.91 Å². The second-order valence-corrected chi connectivity index (χ2v) is 3.24. The number of carbonyl (C=O) groups excluding carboxylic acids is 1. The molecule has 15 heavy (non-hydrogen) atoms. The van der Waals surface area contributed by atoms with E-state index < -0.39 is 0 Å². The van der Waals surface area contributed by atoms with Crippen molar-refractivity contribution in [3.63, 3.8) is 0 Å². The van der Waals surface area contributed by atoms with E-state index in [1.807, 2.05) is 6.92 Å². The van der Waals surface area contributed by atoms with Crippen molar-refractivity contribution >= 4 is 23.3 Å². The molecule has 1 amide bonds. The molecule has 0 unspecified atom stereocenters. The first-order valence-electron chi connectivity index (χ1n) is 4.70. The van der Waals surface area contributed by atoms with Crippen molar-refractivity contribution in [3.05, 3.63) is 17.5 Å². The van der Waals surface area contributed by atoms with Crippen LogP contribution in [0.2, 0.25) is 5.15 Å². The number of hydrogen-bond acceptors (Lipinski definition) is 4. The molecule has 1 heterocycles. The lowest BCUT2D eigenvalue weighted by atomic mass is 10.4. The van der Waals surface area contributed by atoms with E-state index >= 15 is 0 Å². The number of nitrogens with zero attached hydrogens (tertiary/aromatic N) is 2. The van der Waals surface area contributed by atoms with Crippen LogP contribution in [0.15, 0.2) is 12.4 Å². The van der Waals surface area contributed by atoms with Crippen molar-refractivity contribution in [2.24, 2.45) is 0 Å². The van der Waals surface area contributed by atoms with E-state index in [0.29, 0.717) is 30.5 Å². The molecule has 5 nitrogen and oxygen atoms in total. The second kappa shape index (κ2) is 6.19. The number of nitrogens with one attached hydrogen (secondary N) is 2. The van der Waals surface area contributed by atoms with Gasteiger partial charge < -0.3 is 10.6 Å². The predicted octanol–water partition coefficient (Wildman–Crippen LogP) is 1.07. The largest absolute Gasteiger partial charge is 0.369 e. The molecular formula is C9H13ClN4O. The third-order valence-corrected chi connectivity index (χ3v) is 1.87. The Kier molecular flexibility index (Phi) is 4.83. The maximum Gasteiger partial charge on any atom is 0.221 e. The Balaban J connectivity index is 2.28. The Morgan fingerprint density at radius 2 is 2.33 bits per heavy atom. The van der Waals surface area contributed by atoms with Crippen molar-refractivity contribution < 1.29 is 4.79 Å². The van der Waals surface area contributed by atoms with Crippen LogP contribution < -0.4 is 10.6 Å².